The molecule has 0 amide bonds. The van der Waals surface area contributed by atoms with Gasteiger partial charge in [-0.25, -0.2) is 0 Å². The van der Waals surface area contributed by atoms with Gasteiger partial charge in [-0.2, -0.15) is 5.10 Å². The van der Waals surface area contributed by atoms with Crippen molar-refractivity contribution in [2.45, 2.75) is 26.8 Å². The summed E-state index contributed by atoms with van der Waals surface area (Å²) in [7, 11) is 0. The fraction of sp³-hybridized carbons (Fsp3) is 0.267. The minimum Gasteiger partial charge on any atom is -0.378 e. The lowest BCUT2D eigenvalue weighted by atomic mass is 10.1. The second kappa shape index (κ2) is 4.70. The lowest BCUT2D eigenvalue weighted by molar-refractivity contribution is 0.882. The average molecular weight is 271 g/mol. The molecule has 0 aliphatic heterocycles. The highest BCUT2D eigenvalue weighted by Crippen LogP contribution is 2.29. The number of rotatable bonds is 3. The molecule has 0 saturated heterocycles. The highest BCUT2D eigenvalue weighted by atomic mass is 32.1. The van der Waals surface area contributed by atoms with Crippen LogP contribution in [-0.4, -0.2) is 10.2 Å². The van der Waals surface area contributed by atoms with Crippen LogP contribution >= 0.6 is 11.3 Å². The molecule has 2 aromatic heterocycles. The average Bonchev–Trinajstić information content (AvgIpc) is 2.94. The number of hydrogen-bond donors (Lipinski definition) is 2. The summed E-state index contributed by atoms with van der Waals surface area (Å²) in [5.74, 6) is 0. The van der Waals surface area contributed by atoms with E-state index in [1.54, 1.807) is 0 Å². The van der Waals surface area contributed by atoms with E-state index in [4.69, 9.17) is 0 Å². The van der Waals surface area contributed by atoms with Gasteiger partial charge in [-0.05, 0) is 50.6 Å². The molecule has 0 spiro atoms. The number of nitrogens with zero attached hydrogens (tertiary/aromatic N) is 1. The number of nitrogens with one attached hydrogen (secondary N) is 2. The van der Waals surface area contributed by atoms with E-state index in [9.17, 15) is 0 Å². The third-order valence-corrected chi connectivity index (χ3v) is 4.35. The van der Waals surface area contributed by atoms with E-state index in [0.717, 1.165) is 16.6 Å². The van der Waals surface area contributed by atoms with Crippen molar-refractivity contribution >= 4 is 27.9 Å². The van der Waals surface area contributed by atoms with Crippen molar-refractivity contribution in [3.05, 3.63) is 45.8 Å². The van der Waals surface area contributed by atoms with E-state index in [2.05, 4.69) is 60.6 Å². The lowest BCUT2D eigenvalue weighted by Crippen LogP contribution is -2.06. The Morgan fingerprint density at radius 3 is 2.84 bits per heavy atom. The maximum Gasteiger partial charge on any atom is 0.0670 e. The van der Waals surface area contributed by atoms with Crippen molar-refractivity contribution in [1.82, 2.24) is 10.2 Å². The summed E-state index contributed by atoms with van der Waals surface area (Å²) in [6.07, 6.45) is 1.84. The largest absolute Gasteiger partial charge is 0.378 e. The minimum atomic E-state index is 0.310. The van der Waals surface area contributed by atoms with Crippen molar-refractivity contribution in [3.63, 3.8) is 0 Å². The van der Waals surface area contributed by atoms with Gasteiger partial charge in [0.2, 0.25) is 0 Å². The monoisotopic (exact) mass is 271 g/mol. The standard InChI is InChI=1S/C15H17N3S/c1-9-6-14(11(3)19-9)10(2)17-13-5-4-12-8-16-18-15(12)7-13/h4-8,10,17H,1-3H3,(H,16,18). The number of H-pyrrole nitrogens is 1. The number of aromatic nitrogens is 2. The molecule has 1 aromatic carbocycles. The zero-order chi connectivity index (χ0) is 13.4. The van der Waals surface area contributed by atoms with Crippen molar-refractivity contribution in [3.8, 4) is 0 Å². The molecule has 3 aromatic rings. The van der Waals surface area contributed by atoms with Crippen LogP contribution in [0.4, 0.5) is 5.69 Å². The molecular weight excluding hydrogens is 254 g/mol. The Labute approximate surface area is 116 Å². The Morgan fingerprint density at radius 1 is 1.26 bits per heavy atom. The van der Waals surface area contributed by atoms with Crippen molar-refractivity contribution < 1.29 is 0 Å². The van der Waals surface area contributed by atoms with Crippen LogP contribution in [0.2, 0.25) is 0 Å². The van der Waals surface area contributed by atoms with E-state index in [1.165, 1.54) is 15.3 Å². The van der Waals surface area contributed by atoms with Gasteiger partial charge in [0.05, 0.1) is 11.7 Å². The summed E-state index contributed by atoms with van der Waals surface area (Å²) < 4.78 is 0. The van der Waals surface area contributed by atoms with Gasteiger partial charge in [0, 0.05) is 26.9 Å². The molecule has 0 aliphatic rings. The van der Waals surface area contributed by atoms with E-state index >= 15 is 0 Å². The topological polar surface area (TPSA) is 40.7 Å². The third-order valence-electron chi connectivity index (χ3n) is 3.37. The van der Waals surface area contributed by atoms with Crippen LogP contribution < -0.4 is 5.32 Å². The molecule has 2 N–H and O–H groups in total. The van der Waals surface area contributed by atoms with E-state index in [1.807, 2.05) is 17.5 Å². The van der Waals surface area contributed by atoms with Gasteiger partial charge in [-0.15, -0.1) is 11.3 Å². The second-order valence-corrected chi connectivity index (χ2v) is 6.37. The summed E-state index contributed by atoms with van der Waals surface area (Å²) in [6, 6.07) is 8.87. The highest BCUT2D eigenvalue weighted by molar-refractivity contribution is 7.12. The number of fused-ring (bicyclic) bond motifs is 1. The van der Waals surface area contributed by atoms with Crippen LogP contribution in [-0.2, 0) is 0 Å². The molecular formula is C15H17N3S. The fourth-order valence-corrected chi connectivity index (χ4v) is 3.46. The fourth-order valence-electron chi connectivity index (χ4n) is 2.43. The Morgan fingerprint density at radius 2 is 2.11 bits per heavy atom. The van der Waals surface area contributed by atoms with Gasteiger partial charge in [-0.3, -0.25) is 5.10 Å². The number of aryl methyl sites for hydroxylation is 2. The van der Waals surface area contributed by atoms with E-state index in [0.29, 0.717) is 6.04 Å². The molecule has 0 fully saturated rings. The van der Waals surface area contributed by atoms with Crippen LogP contribution in [0.1, 0.15) is 28.3 Å². The zero-order valence-corrected chi connectivity index (χ0v) is 12.1. The maximum absolute atomic E-state index is 4.05. The van der Waals surface area contributed by atoms with Crippen LogP contribution in [0.15, 0.2) is 30.5 Å². The first-order valence-electron chi connectivity index (χ1n) is 6.40. The molecule has 0 saturated carbocycles. The third kappa shape index (κ3) is 2.36. The SMILES string of the molecule is Cc1cc(C(C)Nc2ccc3cn[nH]c3c2)c(C)s1. The van der Waals surface area contributed by atoms with Gasteiger partial charge >= 0.3 is 0 Å². The highest BCUT2D eigenvalue weighted by Gasteiger charge is 2.11. The Kier molecular flexibility index (Phi) is 3.03. The molecule has 98 valence electrons. The molecule has 0 aliphatic carbocycles. The maximum atomic E-state index is 4.05. The summed E-state index contributed by atoms with van der Waals surface area (Å²) >= 11 is 1.86. The zero-order valence-electron chi connectivity index (χ0n) is 11.3. The normalized spacial score (nSPS) is 12.8. The van der Waals surface area contributed by atoms with Crippen LogP contribution in [0.25, 0.3) is 10.9 Å². The predicted molar refractivity (Wildman–Crippen MR) is 81.9 cm³/mol. The van der Waals surface area contributed by atoms with Gasteiger partial charge < -0.3 is 5.32 Å². The number of aromatic amines is 1. The van der Waals surface area contributed by atoms with Crippen molar-refractivity contribution in [2.24, 2.45) is 0 Å². The van der Waals surface area contributed by atoms with Gasteiger partial charge in [-0.1, -0.05) is 0 Å². The molecule has 0 bridgehead atoms. The predicted octanol–water partition coefficient (Wildman–Crippen LogP) is 4.41. The van der Waals surface area contributed by atoms with Crippen molar-refractivity contribution in [2.75, 3.05) is 5.32 Å². The molecule has 19 heavy (non-hydrogen) atoms. The smallest absolute Gasteiger partial charge is 0.0670 e. The first-order valence-corrected chi connectivity index (χ1v) is 7.22. The summed E-state index contributed by atoms with van der Waals surface area (Å²) in [5.41, 5.74) is 3.56. The molecule has 3 rings (SSSR count). The first-order chi connectivity index (χ1) is 9.13. The molecule has 0 radical (unpaired) electrons. The Balaban J connectivity index is 1.85. The molecule has 2 heterocycles. The van der Waals surface area contributed by atoms with E-state index in [-0.39, 0.29) is 0 Å². The quantitative estimate of drug-likeness (QED) is 0.740. The number of anilines is 1. The summed E-state index contributed by atoms with van der Waals surface area (Å²) in [6.45, 7) is 6.54. The molecule has 1 unspecified atom stereocenters. The minimum absolute atomic E-state index is 0.310. The van der Waals surface area contributed by atoms with Gasteiger partial charge in [0.1, 0.15) is 0 Å². The summed E-state index contributed by atoms with van der Waals surface area (Å²) in [4.78, 5) is 2.75. The number of thiophene rings is 1. The van der Waals surface area contributed by atoms with Crippen LogP contribution in [0.5, 0.6) is 0 Å². The van der Waals surface area contributed by atoms with Crippen LogP contribution in [0, 0.1) is 13.8 Å². The Hall–Kier alpha value is -1.81. The molecule has 1 atom stereocenters. The first kappa shape index (κ1) is 12.2. The summed E-state index contributed by atoms with van der Waals surface area (Å²) in [5, 5.41) is 11.7. The van der Waals surface area contributed by atoms with Gasteiger partial charge in [0.15, 0.2) is 0 Å². The van der Waals surface area contributed by atoms with Crippen molar-refractivity contribution in [1.29, 1.82) is 0 Å². The van der Waals surface area contributed by atoms with Crippen LogP contribution in [0.3, 0.4) is 0 Å². The Bertz CT molecular complexity index is 711. The molecule has 4 heteroatoms. The molecule has 3 nitrogen and oxygen atoms in total. The number of hydrogen-bond acceptors (Lipinski definition) is 3. The lowest BCUT2D eigenvalue weighted by Gasteiger charge is -2.15. The number of benzene rings is 1. The second-order valence-electron chi connectivity index (χ2n) is 4.91. The van der Waals surface area contributed by atoms with Gasteiger partial charge in [0.25, 0.3) is 0 Å². The van der Waals surface area contributed by atoms with E-state index < -0.39 is 0 Å².